The second-order valence-electron chi connectivity index (χ2n) is 6.37. The highest BCUT2D eigenvalue weighted by Crippen LogP contribution is 2.30. The fourth-order valence-electron chi connectivity index (χ4n) is 3.14. The Hall–Kier alpha value is -2.20. The number of hydrogen-bond donors (Lipinski definition) is 2. The van der Waals surface area contributed by atoms with Crippen LogP contribution in [0.1, 0.15) is 17.9 Å². The molecule has 0 aromatic heterocycles. The van der Waals surface area contributed by atoms with Crippen molar-refractivity contribution >= 4 is 11.8 Å². The van der Waals surface area contributed by atoms with E-state index in [0.717, 1.165) is 0 Å². The quantitative estimate of drug-likeness (QED) is 0.738. The van der Waals surface area contributed by atoms with Gasteiger partial charge >= 0.3 is 12.1 Å². The zero-order valence-corrected chi connectivity index (χ0v) is 14.6. The smallest absolute Gasteiger partial charge is 0.383 e. The van der Waals surface area contributed by atoms with Crippen LogP contribution in [0.5, 0.6) is 0 Å². The molecule has 0 bridgehead atoms. The maximum Gasteiger partial charge on any atom is 0.471 e. The van der Waals surface area contributed by atoms with Gasteiger partial charge < -0.3 is 20.7 Å². The largest absolute Gasteiger partial charge is 0.471 e. The summed E-state index contributed by atoms with van der Waals surface area (Å²) in [6.45, 7) is 0.0765. The molecule has 150 valence electrons. The number of nitrogens with zero attached hydrogens (tertiary/aromatic N) is 1. The molecule has 3 atom stereocenters. The summed E-state index contributed by atoms with van der Waals surface area (Å²) >= 11 is 0. The third kappa shape index (κ3) is 5.39. The van der Waals surface area contributed by atoms with Crippen molar-refractivity contribution in [3.8, 4) is 0 Å². The number of ether oxygens (including phenoxy) is 1. The van der Waals surface area contributed by atoms with Gasteiger partial charge in [-0.15, -0.1) is 0 Å². The second-order valence-corrected chi connectivity index (χ2v) is 6.37. The lowest BCUT2D eigenvalue weighted by Crippen LogP contribution is -2.58. The molecule has 0 aliphatic carbocycles. The van der Waals surface area contributed by atoms with Gasteiger partial charge in [-0.1, -0.05) is 12.1 Å². The van der Waals surface area contributed by atoms with Crippen molar-refractivity contribution in [2.75, 3.05) is 26.8 Å². The van der Waals surface area contributed by atoms with Crippen LogP contribution in [0.15, 0.2) is 24.3 Å². The molecule has 0 saturated carbocycles. The number of carbonyl (C=O) groups excluding carboxylic acids is 2. The Kier molecular flexibility index (Phi) is 6.77. The zero-order valence-electron chi connectivity index (χ0n) is 14.6. The van der Waals surface area contributed by atoms with Crippen LogP contribution in [0.4, 0.5) is 17.6 Å². The number of amides is 2. The van der Waals surface area contributed by atoms with Gasteiger partial charge in [-0.25, -0.2) is 4.39 Å². The Balaban J connectivity index is 2.21. The monoisotopic (exact) mass is 391 g/mol. The summed E-state index contributed by atoms with van der Waals surface area (Å²) in [6, 6.07) is 3.38. The standard InChI is InChI=1S/C17H21F4N3O3/c1-27-9-13(22)15(25)24-7-6-12(10-2-4-11(18)5-3-10)14(8-24)23-16(26)17(19,20)21/h2-5,12-14H,6-9,22H2,1H3,(H,23,26). The minimum absolute atomic E-state index is 0.0314. The second kappa shape index (κ2) is 8.66. The first-order chi connectivity index (χ1) is 12.6. The van der Waals surface area contributed by atoms with Crippen LogP contribution < -0.4 is 11.1 Å². The Morgan fingerprint density at radius 2 is 1.96 bits per heavy atom. The van der Waals surface area contributed by atoms with Crippen LogP contribution in [-0.2, 0) is 14.3 Å². The van der Waals surface area contributed by atoms with Gasteiger partial charge in [0.15, 0.2) is 0 Å². The lowest BCUT2D eigenvalue weighted by atomic mass is 9.85. The molecule has 6 nitrogen and oxygen atoms in total. The van der Waals surface area contributed by atoms with Gasteiger partial charge in [-0.05, 0) is 24.1 Å². The number of carbonyl (C=O) groups is 2. The third-order valence-corrected chi connectivity index (χ3v) is 4.46. The molecule has 10 heteroatoms. The molecule has 0 radical (unpaired) electrons. The molecule has 27 heavy (non-hydrogen) atoms. The van der Waals surface area contributed by atoms with Crippen LogP contribution in [-0.4, -0.2) is 61.8 Å². The van der Waals surface area contributed by atoms with E-state index in [-0.39, 0.29) is 19.7 Å². The predicted octanol–water partition coefficient (Wildman–Crippen LogP) is 1.16. The fourth-order valence-corrected chi connectivity index (χ4v) is 3.14. The number of benzene rings is 1. The number of hydrogen-bond acceptors (Lipinski definition) is 4. The van der Waals surface area contributed by atoms with E-state index in [4.69, 9.17) is 10.5 Å². The van der Waals surface area contributed by atoms with Crippen molar-refractivity contribution in [3.63, 3.8) is 0 Å². The van der Waals surface area contributed by atoms with Crippen molar-refractivity contribution in [1.29, 1.82) is 0 Å². The summed E-state index contributed by atoms with van der Waals surface area (Å²) in [5, 5.41) is 1.95. The molecule has 3 N–H and O–H groups in total. The third-order valence-electron chi connectivity index (χ3n) is 4.46. The highest BCUT2D eigenvalue weighted by molar-refractivity contribution is 5.83. The Bertz CT molecular complexity index is 666. The van der Waals surface area contributed by atoms with Gasteiger partial charge in [0.25, 0.3) is 0 Å². The summed E-state index contributed by atoms with van der Waals surface area (Å²) < 4.78 is 56.1. The van der Waals surface area contributed by atoms with Crippen LogP contribution >= 0.6 is 0 Å². The first-order valence-electron chi connectivity index (χ1n) is 8.30. The molecule has 1 aliphatic heterocycles. The summed E-state index contributed by atoms with van der Waals surface area (Å²) in [7, 11) is 1.38. The summed E-state index contributed by atoms with van der Waals surface area (Å²) in [5.41, 5.74) is 6.29. The van der Waals surface area contributed by atoms with Gasteiger partial charge in [0, 0.05) is 26.1 Å². The lowest BCUT2D eigenvalue weighted by molar-refractivity contribution is -0.175. The number of rotatable bonds is 5. The molecule has 2 amide bonds. The normalized spacial score (nSPS) is 21.6. The topological polar surface area (TPSA) is 84.7 Å². The van der Waals surface area contributed by atoms with Crippen molar-refractivity contribution in [1.82, 2.24) is 10.2 Å². The number of methoxy groups -OCH3 is 1. The molecule has 1 aliphatic rings. The van der Waals surface area contributed by atoms with E-state index in [1.165, 1.54) is 36.3 Å². The maximum atomic E-state index is 13.1. The first kappa shape index (κ1) is 21.1. The molecular formula is C17H21F4N3O3. The molecule has 1 saturated heterocycles. The fraction of sp³-hybridized carbons (Fsp3) is 0.529. The van der Waals surface area contributed by atoms with E-state index in [2.05, 4.69) is 0 Å². The molecule has 0 spiro atoms. The number of piperidine rings is 1. The summed E-state index contributed by atoms with van der Waals surface area (Å²) in [5.74, 6) is -3.54. The average molecular weight is 391 g/mol. The predicted molar refractivity (Wildman–Crippen MR) is 88.2 cm³/mol. The van der Waals surface area contributed by atoms with Crippen molar-refractivity contribution in [3.05, 3.63) is 35.6 Å². The Morgan fingerprint density at radius 3 is 2.52 bits per heavy atom. The van der Waals surface area contributed by atoms with Gasteiger partial charge in [0.05, 0.1) is 12.6 Å². The number of nitrogens with one attached hydrogen (secondary N) is 1. The number of alkyl halides is 3. The summed E-state index contributed by atoms with van der Waals surface area (Å²) in [4.78, 5) is 25.1. The van der Waals surface area contributed by atoms with E-state index in [1.54, 1.807) is 0 Å². The highest BCUT2D eigenvalue weighted by Gasteiger charge is 2.43. The molecule has 2 rings (SSSR count). The van der Waals surface area contributed by atoms with E-state index in [9.17, 15) is 27.2 Å². The number of nitrogens with two attached hydrogens (primary N) is 1. The lowest BCUT2D eigenvalue weighted by Gasteiger charge is -2.40. The van der Waals surface area contributed by atoms with E-state index in [1.807, 2.05) is 5.32 Å². The minimum atomic E-state index is -5.05. The van der Waals surface area contributed by atoms with E-state index < -0.39 is 41.8 Å². The van der Waals surface area contributed by atoms with Crippen molar-refractivity contribution in [2.45, 2.75) is 30.6 Å². The molecule has 1 aromatic rings. The molecule has 3 unspecified atom stereocenters. The van der Waals surface area contributed by atoms with Crippen molar-refractivity contribution in [2.24, 2.45) is 5.73 Å². The Morgan fingerprint density at radius 1 is 1.33 bits per heavy atom. The van der Waals surface area contributed by atoms with E-state index in [0.29, 0.717) is 12.0 Å². The molecule has 1 aromatic carbocycles. The van der Waals surface area contributed by atoms with Crippen LogP contribution in [0, 0.1) is 5.82 Å². The Labute approximate surface area is 153 Å². The van der Waals surface area contributed by atoms with Gasteiger partial charge in [0.1, 0.15) is 11.9 Å². The first-order valence-corrected chi connectivity index (χ1v) is 8.30. The maximum absolute atomic E-state index is 13.1. The molecule has 1 heterocycles. The van der Waals surface area contributed by atoms with Gasteiger partial charge in [-0.3, -0.25) is 9.59 Å². The minimum Gasteiger partial charge on any atom is -0.383 e. The van der Waals surface area contributed by atoms with Crippen LogP contribution in [0.25, 0.3) is 0 Å². The van der Waals surface area contributed by atoms with Crippen molar-refractivity contribution < 1.29 is 31.9 Å². The highest BCUT2D eigenvalue weighted by atomic mass is 19.4. The molecular weight excluding hydrogens is 370 g/mol. The molecule has 1 fully saturated rings. The zero-order chi connectivity index (χ0) is 20.2. The van der Waals surface area contributed by atoms with Crippen LogP contribution in [0.3, 0.4) is 0 Å². The summed E-state index contributed by atoms with van der Waals surface area (Å²) in [6.07, 6.45) is -4.76. The number of halogens is 4. The van der Waals surface area contributed by atoms with E-state index >= 15 is 0 Å². The van der Waals surface area contributed by atoms with Gasteiger partial charge in [0.2, 0.25) is 5.91 Å². The van der Waals surface area contributed by atoms with Gasteiger partial charge in [-0.2, -0.15) is 13.2 Å². The SMILES string of the molecule is COCC(N)C(=O)N1CCC(c2ccc(F)cc2)C(NC(=O)C(F)(F)F)C1. The van der Waals surface area contributed by atoms with Crippen LogP contribution in [0.2, 0.25) is 0 Å². The number of likely N-dealkylation sites (tertiary alicyclic amines) is 1. The average Bonchev–Trinajstić information content (AvgIpc) is 2.61.